The van der Waals surface area contributed by atoms with Gasteiger partial charge in [0.1, 0.15) is 5.82 Å². The lowest BCUT2D eigenvalue weighted by Gasteiger charge is -2.31. The predicted octanol–water partition coefficient (Wildman–Crippen LogP) is 3.57. The number of hydrogen-bond acceptors (Lipinski definition) is 4. The van der Waals surface area contributed by atoms with Crippen molar-refractivity contribution in [2.45, 2.75) is 19.1 Å². The van der Waals surface area contributed by atoms with Gasteiger partial charge in [0.2, 0.25) is 0 Å². The van der Waals surface area contributed by atoms with Crippen LogP contribution < -0.4 is 4.90 Å². The number of fused-ring (bicyclic) bond motifs is 1. The summed E-state index contributed by atoms with van der Waals surface area (Å²) in [4.78, 5) is 15.7. The zero-order valence-electron chi connectivity index (χ0n) is 11.9. The molecular weight excluding hydrogens is 311 g/mol. The summed E-state index contributed by atoms with van der Waals surface area (Å²) in [6, 6.07) is 6.72. The third-order valence-electron chi connectivity index (χ3n) is 3.80. The Balaban J connectivity index is 1.96. The van der Waals surface area contributed by atoms with Crippen molar-refractivity contribution >= 4 is 11.5 Å². The Kier molecular flexibility index (Phi) is 3.67. The highest BCUT2D eigenvalue weighted by molar-refractivity contribution is 5.52. The third kappa shape index (κ3) is 2.96. The van der Waals surface area contributed by atoms with Crippen LogP contribution >= 0.6 is 0 Å². The van der Waals surface area contributed by atoms with Crippen molar-refractivity contribution in [2.24, 2.45) is 0 Å². The lowest BCUT2D eigenvalue weighted by Crippen LogP contribution is -2.32. The van der Waals surface area contributed by atoms with E-state index in [2.05, 4.69) is 4.98 Å². The maximum atomic E-state index is 13.1. The van der Waals surface area contributed by atoms with Crippen molar-refractivity contribution in [3.8, 4) is 0 Å². The Morgan fingerprint density at radius 3 is 2.70 bits per heavy atom. The van der Waals surface area contributed by atoms with Gasteiger partial charge in [-0.3, -0.25) is 10.1 Å². The lowest BCUT2D eigenvalue weighted by molar-refractivity contribution is -0.384. The molecule has 1 aromatic heterocycles. The Hall–Kier alpha value is -2.64. The van der Waals surface area contributed by atoms with E-state index >= 15 is 0 Å². The fourth-order valence-electron chi connectivity index (χ4n) is 2.71. The zero-order valence-corrected chi connectivity index (χ0v) is 11.9. The van der Waals surface area contributed by atoms with E-state index < -0.39 is 16.7 Å². The SMILES string of the molecule is O=[N+]([O-])c1ccc2c(c1)CN(c1ncccc1C(F)(F)F)CC2. The van der Waals surface area contributed by atoms with E-state index in [1.54, 1.807) is 6.07 Å². The number of benzene rings is 1. The number of nitro benzene ring substituents is 1. The van der Waals surface area contributed by atoms with Gasteiger partial charge < -0.3 is 4.90 Å². The first kappa shape index (κ1) is 15.3. The van der Waals surface area contributed by atoms with E-state index in [1.807, 2.05) is 0 Å². The van der Waals surface area contributed by atoms with Crippen LogP contribution in [0.25, 0.3) is 0 Å². The summed E-state index contributed by atoms with van der Waals surface area (Å²) in [6.45, 7) is 0.544. The van der Waals surface area contributed by atoms with Gasteiger partial charge in [-0.2, -0.15) is 13.2 Å². The van der Waals surface area contributed by atoms with E-state index in [4.69, 9.17) is 0 Å². The van der Waals surface area contributed by atoms with Crippen LogP contribution in [-0.2, 0) is 19.1 Å². The highest BCUT2D eigenvalue weighted by Crippen LogP contribution is 2.37. The minimum Gasteiger partial charge on any atom is -0.351 e. The van der Waals surface area contributed by atoms with Gasteiger partial charge in [0.25, 0.3) is 5.69 Å². The molecule has 2 heterocycles. The molecule has 1 aliphatic heterocycles. The van der Waals surface area contributed by atoms with Gasteiger partial charge >= 0.3 is 6.18 Å². The number of halogens is 3. The second-order valence-corrected chi connectivity index (χ2v) is 5.25. The fraction of sp³-hybridized carbons (Fsp3) is 0.267. The molecule has 0 saturated carbocycles. The molecule has 0 fully saturated rings. The number of non-ortho nitro benzene ring substituents is 1. The molecule has 5 nitrogen and oxygen atoms in total. The van der Waals surface area contributed by atoms with Crippen LogP contribution in [0.4, 0.5) is 24.7 Å². The maximum absolute atomic E-state index is 13.1. The average molecular weight is 323 g/mol. The van der Waals surface area contributed by atoms with Crippen LogP contribution in [0.15, 0.2) is 36.5 Å². The average Bonchev–Trinajstić information content (AvgIpc) is 2.53. The second-order valence-electron chi connectivity index (χ2n) is 5.25. The minimum absolute atomic E-state index is 0.0670. The molecule has 0 spiro atoms. The molecule has 0 atom stereocenters. The summed E-state index contributed by atoms with van der Waals surface area (Å²) in [7, 11) is 0. The molecule has 23 heavy (non-hydrogen) atoms. The first-order valence-corrected chi connectivity index (χ1v) is 6.89. The van der Waals surface area contributed by atoms with Crippen molar-refractivity contribution in [1.29, 1.82) is 0 Å². The Morgan fingerprint density at radius 2 is 2.00 bits per heavy atom. The topological polar surface area (TPSA) is 59.3 Å². The lowest BCUT2D eigenvalue weighted by atomic mass is 9.98. The quantitative estimate of drug-likeness (QED) is 0.626. The molecule has 0 saturated heterocycles. The molecular formula is C15H12F3N3O2. The van der Waals surface area contributed by atoms with Gasteiger partial charge in [-0.15, -0.1) is 0 Å². The van der Waals surface area contributed by atoms with Crippen LogP contribution in [0.2, 0.25) is 0 Å². The standard InChI is InChI=1S/C15H12F3N3O2/c16-15(17,18)13-2-1-6-19-14(13)20-7-5-10-3-4-12(21(22)23)8-11(10)9-20/h1-4,6,8H,5,7,9H2. The van der Waals surface area contributed by atoms with Crippen LogP contribution in [0, 0.1) is 10.1 Å². The number of rotatable bonds is 2. The smallest absolute Gasteiger partial charge is 0.351 e. The van der Waals surface area contributed by atoms with Crippen molar-refractivity contribution < 1.29 is 18.1 Å². The zero-order chi connectivity index (χ0) is 16.6. The number of pyridine rings is 1. The van der Waals surface area contributed by atoms with Gasteiger partial charge in [0.05, 0.1) is 10.5 Å². The van der Waals surface area contributed by atoms with E-state index in [-0.39, 0.29) is 18.1 Å². The first-order chi connectivity index (χ1) is 10.9. The summed E-state index contributed by atoms with van der Waals surface area (Å²) in [5.74, 6) is -0.142. The van der Waals surface area contributed by atoms with E-state index in [0.717, 1.165) is 11.6 Å². The molecule has 0 N–H and O–H groups in total. The Morgan fingerprint density at radius 1 is 1.22 bits per heavy atom. The summed E-state index contributed by atoms with van der Waals surface area (Å²) >= 11 is 0. The van der Waals surface area contributed by atoms with Crippen molar-refractivity contribution in [3.63, 3.8) is 0 Å². The summed E-state index contributed by atoms with van der Waals surface area (Å²) < 4.78 is 39.3. The minimum atomic E-state index is -4.49. The summed E-state index contributed by atoms with van der Waals surface area (Å²) in [5, 5.41) is 10.9. The molecule has 1 aromatic carbocycles. The highest BCUT2D eigenvalue weighted by Gasteiger charge is 2.36. The van der Waals surface area contributed by atoms with Gasteiger partial charge in [-0.1, -0.05) is 6.07 Å². The summed E-state index contributed by atoms with van der Waals surface area (Å²) in [5.41, 5.74) is 0.706. The number of aromatic nitrogens is 1. The van der Waals surface area contributed by atoms with Gasteiger partial charge in [0.15, 0.2) is 0 Å². The normalized spacial score (nSPS) is 14.5. The maximum Gasteiger partial charge on any atom is 0.419 e. The molecule has 1 aliphatic rings. The van der Waals surface area contributed by atoms with E-state index in [0.29, 0.717) is 18.5 Å². The molecule has 0 bridgehead atoms. The molecule has 8 heteroatoms. The van der Waals surface area contributed by atoms with E-state index in [1.165, 1.54) is 29.3 Å². The number of nitro groups is 1. The number of anilines is 1. The Bertz CT molecular complexity index is 762. The molecule has 0 radical (unpaired) electrons. The number of hydrogen-bond donors (Lipinski definition) is 0. The molecule has 3 rings (SSSR count). The number of alkyl halides is 3. The molecule has 2 aromatic rings. The van der Waals surface area contributed by atoms with E-state index in [9.17, 15) is 23.3 Å². The molecule has 0 aliphatic carbocycles. The summed E-state index contributed by atoms with van der Waals surface area (Å²) in [6.07, 6.45) is -2.67. The van der Waals surface area contributed by atoms with Gasteiger partial charge in [-0.25, -0.2) is 4.98 Å². The van der Waals surface area contributed by atoms with Crippen molar-refractivity contribution in [3.05, 3.63) is 63.3 Å². The number of nitrogens with zero attached hydrogens (tertiary/aromatic N) is 3. The second kappa shape index (κ2) is 5.53. The van der Waals surface area contributed by atoms with Gasteiger partial charge in [0, 0.05) is 31.4 Å². The Labute approximate surface area is 129 Å². The molecule has 0 amide bonds. The third-order valence-corrected chi connectivity index (χ3v) is 3.80. The van der Waals surface area contributed by atoms with Gasteiger partial charge in [-0.05, 0) is 29.7 Å². The van der Waals surface area contributed by atoms with Crippen molar-refractivity contribution in [2.75, 3.05) is 11.4 Å². The van der Waals surface area contributed by atoms with Crippen molar-refractivity contribution in [1.82, 2.24) is 4.98 Å². The fourth-order valence-corrected chi connectivity index (χ4v) is 2.71. The molecule has 0 unspecified atom stereocenters. The first-order valence-electron chi connectivity index (χ1n) is 6.89. The predicted molar refractivity (Wildman–Crippen MR) is 77.1 cm³/mol. The highest BCUT2D eigenvalue weighted by atomic mass is 19.4. The largest absolute Gasteiger partial charge is 0.419 e. The molecule has 120 valence electrons. The van der Waals surface area contributed by atoms with Crippen LogP contribution in [0.5, 0.6) is 0 Å². The van der Waals surface area contributed by atoms with Crippen LogP contribution in [0.3, 0.4) is 0 Å². The van der Waals surface area contributed by atoms with Crippen LogP contribution in [-0.4, -0.2) is 16.5 Å². The van der Waals surface area contributed by atoms with Crippen LogP contribution in [0.1, 0.15) is 16.7 Å². The monoisotopic (exact) mass is 323 g/mol.